The molecule has 5 heteroatoms. The van der Waals surface area contributed by atoms with Crippen LogP contribution in [0.5, 0.6) is 11.5 Å². The van der Waals surface area contributed by atoms with E-state index < -0.39 is 5.97 Å². The fourth-order valence-corrected chi connectivity index (χ4v) is 1.88. The van der Waals surface area contributed by atoms with Crippen molar-refractivity contribution >= 4 is 17.6 Å². The van der Waals surface area contributed by atoms with Crippen LogP contribution in [0.1, 0.15) is 16.8 Å². The molecule has 0 atom stereocenters. The normalized spacial score (nSPS) is 10.1. The van der Waals surface area contributed by atoms with Gasteiger partial charge < -0.3 is 14.6 Å². The van der Waals surface area contributed by atoms with Crippen LogP contribution in [0.25, 0.3) is 0 Å². The van der Waals surface area contributed by atoms with Crippen molar-refractivity contribution in [3.05, 3.63) is 59.1 Å². The van der Waals surface area contributed by atoms with Crippen LogP contribution in [0.15, 0.2) is 48.5 Å². The van der Waals surface area contributed by atoms with E-state index in [1.54, 1.807) is 18.2 Å². The Labute approximate surface area is 127 Å². The molecule has 2 rings (SSSR count). The predicted molar refractivity (Wildman–Crippen MR) is 80.5 cm³/mol. The van der Waals surface area contributed by atoms with Gasteiger partial charge in [-0.25, -0.2) is 4.79 Å². The summed E-state index contributed by atoms with van der Waals surface area (Å²) in [5.74, 6) is 0.345. The minimum atomic E-state index is -0.949. The zero-order chi connectivity index (χ0) is 15.1. The Kier molecular flexibility index (Phi) is 5.46. The van der Waals surface area contributed by atoms with Gasteiger partial charge >= 0.3 is 5.97 Å². The van der Waals surface area contributed by atoms with Gasteiger partial charge in [0.25, 0.3) is 0 Å². The number of hydrogen-bond acceptors (Lipinski definition) is 3. The molecule has 110 valence electrons. The molecule has 0 aliphatic rings. The predicted octanol–water partition coefficient (Wildman–Crippen LogP) is 3.89. The van der Waals surface area contributed by atoms with Crippen molar-refractivity contribution < 1.29 is 19.4 Å². The van der Waals surface area contributed by atoms with E-state index >= 15 is 0 Å². The third-order valence-electron chi connectivity index (χ3n) is 2.75. The molecular weight excluding hydrogens is 292 g/mol. The molecule has 0 unspecified atom stereocenters. The number of para-hydroxylation sites is 1. The number of rotatable bonds is 7. The van der Waals surface area contributed by atoms with Crippen LogP contribution in [-0.4, -0.2) is 24.3 Å². The zero-order valence-electron chi connectivity index (χ0n) is 11.3. The topological polar surface area (TPSA) is 55.8 Å². The first-order valence-corrected chi connectivity index (χ1v) is 6.88. The van der Waals surface area contributed by atoms with E-state index in [0.29, 0.717) is 36.2 Å². The van der Waals surface area contributed by atoms with Gasteiger partial charge in [0.05, 0.1) is 23.8 Å². The average Bonchev–Trinajstić information content (AvgIpc) is 2.49. The van der Waals surface area contributed by atoms with Crippen molar-refractivity contribution in [2.45, 2.75) is 6.42 Å². The van der Waals surface area contributed by atoms with Crippen molar-refractivity contribution in [2.24, 2.45) is 0 Å². The Morgan fingerprint density at radius 2 is 1.67 bits per heavy atom. The van der Waals surface area contributed by atoms with Crippen LogP contribution in [0.4, 0.5) is 0 Å². The third kappa shape index (κ3) is 4.68. The van der Waals surface area contributed by atoms with Gasteiger partial charge in [-0.1, -0.05) is 23.7 Å². The second-order valence-electron chi connectivity index (χ2n) is 4.31. The molecule has 0 amide bonds. The first-order chi connectivity index (χ1) is 10.2. The number of aromatic carboxylic acids is 1. The van der Waals surface area contributed by atoms with E-state index in [4.69, 9.17) is 26.2 Å². The molecule has 4 nitrogen and oxygen atoms in total. The largest absolute Gasteiger partial charge is 0.493 e. The third-order valence-corrected chi connectivity index (χ3v) is 3.07. The molecule has 0 saturated heterocycles. The quantitative estimate of drug-likeness (QED) is 0.789. The summed E-state index contributed by atoms with van der Waals surface area (Å²) < 4.78 is 11.0. The van der Waals surface area contributed by atoms with E-state index in [2.05, 4.69) is 0 Å². The van der Waals surface area contributed by atoms with Crippen LogP contribution in [0, 0.1) is 0 Å². The summed E-state index contributed by atoms with van der Waals surface area (Å²) in [4.78, 5) is 10.7. The number of halogens is 1. The smallest absolute Gasteiger partial charge is 0.335 e. The highest BCUT2D eigenvalue weighted by molar-refractivity contribution is 6.32. The second-order valence-corrected chi connectivity index (χ2v) is 4.72. The van der Waals surface area contributed by atoms with E-state index in [9.17, 15) is 4.79 Å². The molecule has 2 aromatic rings. The highest BCUT2D eigenvalue weighted by Gasteiger charge is 2.02. The van der Waals surface area contributed by atoms with Crippen molar-refractivity contribution in [3.63, 3.8) is 0 Å². The summed E-state index contributed by atoms with van der Waals surface area (Å²) in [5, 5.41) is 9.37. The minimum Gasteiger partial charge on any atom is -0.493 e. The van der Waals surface area contributed by atoms with E-state index in [1.807, 2.05) is 18.2 Å². The van der Waals surface area contributed by atoms with Crippen molar-refractivity contribution in [1.82, 2.24) is 0 Å². The average molecular weight is 307 g/mol. The van der Waals surface area contributed by atoms with Crippen LogP contribution < -0.4 is 9.47 Å². The number of carbonyl (C=O) groups is 1. The lowest BCUT2D eigenvalue weighted by molar-refractivity contribution is 0.0697. The molecule has 2 aromatic carbocycles. The Morgan fingerprint density at radius 1 is 1.00 bits per heavy atom. The molecule has 0 aromatic heterocycles. The van der Waals surface area contributed by atoms with Gasteiger partial charge in [-0.15, -0.1) is 0 Å². The minimum absolute atomic E-state index is 0.240. The maximum absolute atomic E-state index is 10.7. The Hall–Kier alpha value is -2.20. The van der Waals surface area contributed by atoms with E-state index in [1.165, 1.54) is 12.1 Å². The fourth-order valence-electron chi connectivity index (χ4n) is 1.69. The van der Waals surface area contributed by atoms with E-state index in [-0.39, 0.29) is 5.56 Å². The SMILES string of the molecule is O=C(O)c1ccc(OCCCOc2ccccc2Cl)cc1. The molecule has 0 fully saturated rings. The number of carboxylic acids is 1. The van der Waals surface area contributed by atoms with E-state index in [0.717, 1.165) is 0 Å². The maximum atomic E-state index is 10.7. The number of hydrogen-bond donors (Lipinski definition) is 1. The van der Waals surface area contributed by atoms with Gasteiger partial charge in [-0.05, 0) is 36.4 Å². The number of benzene rings is 2. The van der Waals surface area contributed by atoms with Crippen molar-refractivity contribution in [1.29, 1.82) is 0 Å². The Bertz CT molecular complexity index is 595. The zero-order valence-corrected chi connectivity index (χ0v) is 12.0. The molecule has 0 spiro atoms. The van der Waals surface area contributed by atoms with Gasteiger partial charge in [-0.2, -0.15) is 0 Å². The summed E-state index contributed by atoms with van der Waals surface area (Å²) in [5.41, 5.74) is 0.240. The molecule has 1 N–H and O–H groups in total. The molecule has 0 aliphatic heterocycles. The summed E-state index contributed by atoms with van der Waals surface area (Å²) in [6, 6.07) is 13.6. The van der Waals surface area contributed by atoms with Gasteiger partial charge in [-0.3, -0.25) is 0 Å². The highest BCUT2D eigenvalue weighted by atomic mass is 35.5. The van der Waals surface area contributed by atoms with Crippen LogP contribution in [0.2, 0.25) is 5.02 Å². The molecule has 21 heavy (non-hydrogen) atoms. The van der Waals surface area contributed by atoms with Gasteiger partial charge in [0.2, 0.25) is 0 Å². The summed E-state index contributed by atoms with van der Waals surface area (Å²) in [6.07, 6.45) is 0.700. The van der Waals surface area contributed by atoms with Gasteiger partial charge in [0.15, 0.2) is 0 Å². The maximum Gasteiger partial charge on any atom is 0.335 e. The lowest BCUT2D eigenvalue weighted by Gasteiger charge is -2.09. The van der Waals surface area contributed by atoms with Crippen LogP contribution in [-0.2, 0) is 0 Å². The molecular formula is C16H15ClO4. The molecule has 0 radical (unpaired) electrons. The molecule has 0 heterocycles. The fraction of sp³-hybridized carbons (Fsp3) is 0.188. The molecule has 0 aliphatic carbocycles. The first-order valence-electron chi connectivity index (χ1n) is 6.50. The molecule has 0 saturated carbocycles. The van der Waals surface area contributed by atoms with Crippen molar-refractivity contribution in [2.75, 3.05) is 13.2 Å². The van der Waals surface area contributed by atoms with Crippen LogP contribution in [0.3, 0.4) is 0 Å². The summed E-state index contributed by atoms with van der Waals surface area (Å²) >= 11 is 5.97. The standard InChI is InChI=1S/C16H15ClO4/c17-14-4-1-2-5-15(14)21-11-3-10-20-13-8-6-12(7-9-13)16(18)19/h1-2,4-9H,3,10-11H2,(H,18,19). The summed E-state index contributed by atoms with van der Waals surface area (Å²) in [7, 11) is 0. The van der Waals surface area contributed by atoms with Gasteiger partial charge in [0.1, 0.15) is 11.5 Å². The highest BCUT2D eigenvalue weighted by Crippen LogP contribution is 2.23. The molecule has 0 bridgehead atoms. The monoisotopic (exact) mass is 306 g/mol. The second kappa shape index (κ2) is 7.55. The Balaban J connectivity index is 1.70. The Morgan fingerprint density at radius 3 is 2.33 bits per heavy atom. The van der Waals surface area contributed by atoms with Crippen molar-refractivity contribution in [3.8, 4) is 11.5 Å². The lowest BCUT2D eigenvalue weighted by Crippen LogP contribution is -2.05. The number of carboxylic acid groups (broad SMARTS) is 1. The van der Waals surface area contributed by atoms with Gasteiger partial charge in [0, 0.05) is 6.42 Å². The first kappa shape index (κ1) is 15.2. The lowest BCUT2D eigenvalue weighted by atomic mass is 10.2. The summed E-state index contributed by atoms with van der Waals surface area (Å²) in [6.45, 7) is 0.980. The van der Waals surface area contributed by atoms with Crippen LogP contribution >= 0.6 is 11.6 Å². The number of ether oxygens (including phenoxy) is 2.